The van der Waals surface area contributed by atoms with Gasteiger partial charge >= 0.3 is 5.97 Å². The fourth-order valence-corrected chi connectivity index (χ4v) is 1.82. The van der Waals surface area contributed by atoms with Crippen LogP contribution in [0.5, 0.6) is 0 Å². The second-order valence-electron chi connectivity index (χ2n) is 3.86. The van der Waals surface area contributed by atoms with Gasteiger partial charge in [-0.2, -0.15) is 12.6 Å². The van der Waals surface area contributed by atoms with Gasteiger partial charge < -0.3 is 20.7 Å². The molecule has 0 aliphatic rings. The fraction of sp³-hybridized carbons (Fsp3) is 0.417. The van der Waals surface area contributed by atoms with Crippen molar-refractivity contribution >= 4 is 24.3 Å². The van der Waals surface area contributed by atoms with Gasteiger partial charge in [0.1, 0.15) is 6.10 Å². The molecule has 6 heteroatoms. The van der Waals surface area contributed by atoms with E-state index in [1.807, 2.05) is 0 Å². The minimum atomic E-state index is -1.08. The Kier molecular flexibility index (Phi) is 5.46. The Hall–Kier alpha value is -1.24. The van der Waals surface area contributed by atoms with Crippen molar-refractivity contribution in [2.45, 2.75) is 18.6 Å². The molecule has 0 fully saturated rings. The maximum Gasteiger partial charge on any atom is 0.339 e. The highest BCUT2D eigenvalue weighted by Gasteiger charge is 2.20. The van der Waals surface area contributed by atoms with Crippen molar-refractivity contribution in [2.24, 2.45) is 0 Å². The molecule has 0 saturated carbocycles. The molecule has 0 aliphatic heterocycles. The molecule has 2 unspecified atom stereocenters. The van der Waals surface area contributed by atoms with Gasteiger partial charge in [-0.05, 0) is 29.9 Å². The molecule has 1 aromatic carbocycles. The summed E-state index contributed by atoms with van der Waals surface area (Å²) in [7, 11) is 1.25. The van der Waals surface area contributed by atoms with E-state index in [2.05, 4.69) is 17.4 Å². The zero-order chi connectivity index (χ0) is 13.7. The van der Waals surface area contributed by atoms with Gasteiger partial charge in [-0.3, -0.25) is 0 Å². The average Bonchev–Trinajstić information content (AvgIpc) is 2.38. The summed E-state index contributed by atoms with van der Waals surface area (Å²) in [5.74, 6) is -0.123. The lowest BCUT2D eigenvalue weighted by atomic mass is 9.99. The number of hydrogen-bond donors (Lipinski definition) is 4. The molecule has 0 aromatic heterocycles. The van der Waals surface area contributed by atoms with Crippen LogP contribution in [0.2, 0.25) is 0 Å². The Bertz CT molecular complexity index is 425. The number of aliphatic hydroxyl groups is 2. The molecule has 0 spiro atoms. The van der Waals surface area contributed by atoms with Crippen LogP contribution in [0.15, 0.2) is 18.2 Å². The number of carbonyl (C=O) groups is 1. The van der Waals surface area contributed by atoms with Crippen LogP contribution in [-0.2, 0) is 4.74 Å². The molecule has 100 valence electrons. The third-order valence-electron chi connectivity index (χ3n) is 2.61. The quantitative estimate of drug-likeness (QED) is 0.360. The molecule has 0 bridgehead atoms. The van der Waals surface area contributed by atoms with Crippen LogP contribution in [0.3, 0.4) is 0 Å². The van der Waals surface area contributed by atoms with E-state index in [-0.39, 0.29) is 11.3 Å². The number of benzene rings is 1. The van der Waals surface area contributed by atoms with Gasteiger partial charge in [0.25, 0.3) is 0 Å². The third kappa shape index (κ3) is 3.38. The number of hydrogen-bond acceptors (Lipinski definition) is 6. The summed E-state index contributed by atoms with van der Waals surface area (Å²) in [5, 5.41) is 19.6. The monoisotopic (exact) mass is 271 g/mol. The molecule has 0 saturated heterocycles. The van der Waals surface area contributed by atoms with Crippen molar-refractivity contribution < 1.29 is 19.7 Å². The van der Waals surface area contributed by atoms with E-state index in [9.17, 15) is 15.0 Å². The first-order chi connectivity index (χ1) is 8.51. The van der Waals surface area contributed by atoms with E-state index in [1.54, 1.807) is 6.07 Å². The summed E-state index contributed by atoms with van der Waals surface area (Å²) in [6.07, 6.45) is -1.67. The first-order valence-electron chi connectivity index (χ1n) is 5.46. The molecule has 18 heavy (non-hydrogen) atoms. The number of methoxy groups -OCH3 is 1. The van der Waals surface area contributed by atoms with Crippen molar-refractivity contribution in [2.75, 3.05) is 18.6 Å². The van der Waals surface area contributed by atoms with Gasteiger partial charge in [0, 0.05) is 5.69 Å². The highest BCUT2D eigenvalue weighted by molar-refractivity contribution is 7.80. The van der Waals surface area contributed by atoms with Crippen LogP contribution >= 0.6 is 12.6 Å². The van der Waals surface area contributed by atoms with E-state index in [0.717, 1.165) is 0 Å². The molecule has 4 N–H and O–H groups in total. The first-order valence-corrected chi connectivity index (χ1v) is 6.09. The lowest BCUT2D eigenvalue weighted by molar-refractivity contribution is 0.0171. The van der Waals surface area contributed by atoms with Crippen molar-refractivity contribution in [1.82, 2.24) is 0 Å². The number of aliphatic hydroxyl groups excluding tert-OH is 2. The first kappa shape index (κ1) is 14.8. The molecule has 0 amide bonds. The van der Waals surface area contributed by atoms with Crippen LogP contribution in [0.25, 0.3) is 0 Å². The Morgan fingerprint density at radius 1 is 1.50 bits per heavy atom. The van der Waals surface area contributed by atoms with Crippen LogP contribution in [0, 0.1) is 0 Å². The van der Waals surface area contributed by atoms with E-state index in [1.165, 1.54) is 19.2 Å². The number of nitrogens with two attached hydrogens (primary N) is 1. The molecular weight excluding hydrogens is 254 g/mol. The number of thiol groups is 1. The van der Waals surface area contributed by atoms with Crippen molar-refractivity contribution in [3.05, 3.63) is 29.3 Å². The maximum absolute atomic E-state index is 11.4. The molecule has 0 aliphatic carbocycles. The summed E-state index contributed by atoms with van der Waals surface area (Å²) >= 11 is 3.99. The summed E-state index contributed by atoms with van der Waals surface area (Å²) in [6, 6.07) is 4.49. The second kappa shape index (κ2) is 6.63. The standard InChI is InChI=1S/C12H17NO4S/c1-17-12(16)8-6-7(2-3-9(8)13)11(15)10(14)4-5-18/h2-3,6,10-11,14-15,18H,4-5,13H2,1H3. The number of ether oxygens (including phenoxy) is 1. The Morgan fingerprint density at radius 2 is 2.17 bits per heavy atom. The van der Waals surface area contributed by atoms with Gasteiger partial charge in [0.05, 0.1) is 18.8 Å². The lowest BCUT2D eigenvalue weighted by Crippen LogP contribution is -2.19. The normalized spacial score (nSPS) is 14.0. The highest BCUT2D eigenvalue weighted by atomic mass is 32.1. The molecule has 1 aromatic rings. The maximum atomic E-state index is 11.4. The molecule has 0 radical (unpaired) electrons. The zero-order valence-electron chi connectivity index (χ0n) is 10.0. The topological polar surface area (TPSA) is 92.8 Å². The second-order valence-corrected chi connectivity index (χ2v) is 4.31. The summed E-state index contributed by atoms with van der Waals surface area (Å²) in [4.78, 5) is 11.4. The van der Waals surface area contributed by atoms with E-state index in [4.69, 9.17) is 5.73 Å². The molecule has 0 heterocycles. The Morgan fingerprint density at radius 3 is 2.72 bits per heavy atom. The smallest absolute Gasteiger partial charge is 0.339 e. The van der Waals surface area contributed by atoms with Gasteiger partial charge in [-0.15, -0.1) is 0 Å². The van der Waals surface area contributed by atoms with Gasteiger partial charge in [-0.1, -0.05) is 6.07 Å². The Labute approximate surface area is 111 Å². The minimum Gasteiger partial charge on any atom is -0.465 e. The minimum absolute atomic E-state index is 0.173. The zero-order valence-corrected chi connectivity index (χ0v) is 10.9. The summed E-state index contributed by atoms with van der Waals surface area (Å²) in [5.41, 5.74) is 6.50. The van der Waals surface area contributed by atoms with Crippen molar-refractivity contribution in [3.8, 4) is 0 Å². The van der Waals surface area contributed by atoms with E-state index < -0.39 is 18.2 Å². The van der Waals surface area contributed by atoms with E-state index >= 15 is 0 Å². The van der Waals surface area contributed by atoms with Gasteiger partial charge in [0.2, 0.25) is 0 Å². The molecule has 5 nitrogen and oxygen atoms in total. The largest absolute Gasteiger partial charge is 0.465 e. The molecule has 2 atom stereocenters. The highest BCUT2D eigenvalue weighted by Crippen LogP contribution is 2.23. The SMILES string of the molecule is COC(=O)c1cc(C(O)C(O)CCS)ccc1N. The molecular formula is C12H17NO4S. The number of carbonyl (C=O) groups excluding carboxylic acids is 1. The van der Waals surface area contributed by atoms with Crippen LogP contribution in [0.4, 0.5) is 5.69 Å². The number of esters is 1. The van der Waals surface area contributed by atoms with Crippen molar-refractivity contribution in [3.63, 3.8) is 0 Å². The van der Waals surface area contributed by atoms with Gasteiger partial charge in [0.15, 0.2) is 0 Å². The summed E-state index contributed by atoms with van der Waals surface area (Å²) in [6.45, 7) is 0. The number of rotatable bonds is 5. The lowest BCUT2D eigenvalue weighted by Gasteiger charge is -2.18. The van der Waals surface area contributed by atoms with Crippen LogP contribution in [-0.4, -0.2) is 35.1 Å². The number of nitrogen functional groups attached to an aromatic ring is 1. The average molecular weight is 271 g/mol. The number of anilines is 1. The van der Waals surface area contributed by atoms with Crippen molar-refractivity contribution in [1.29, 1.82) is 0 Å². The van der Waals surface area contributed by atoms with Gasteiger partial charge in [-0.25, -0.2) is 4.79 Å². The van der Waals surface area contributed by atoms with Crippen LogP contribution < -0.4 is 5.73 Å². The summed E-state index contributed by atoms with van der Waals surface area (Å²) < 4.78 is 4.58. The fourth-order valence-electron chi connectivity index (χ4n) is 1.56. The van der Waals surface area contributed by atoms with E-state index in [0.29, 0.717) is 17.7 Å². The van der Waals surface area contributed by atoms with Crippen LogP contribution in [0.1, 0.15) is 28.4 Å². The molecule has 1 rings (SSSR count). The predicted octanol–water partition coefficient (Wildman–Crippen LogP) is 0.770. The third-order valence-corrected chi connectivity index (χ3v) is 2.87. The Balaban J connectivity index is 3.00. The predicted molar refractivity (Wildman–Crippen MR) is 71.6 cm³/mol.